The van der Waals surface area contributed by atoms with Crippen LogP contribution < -0.4 is 0 Å². The topological polar surface area (TPSA) is 60.9 Å². The van der Waals surface area contributed by atoms with Crippen molar-refractivity contribution in [3.8, 4) is 0 Å². The van der Waals surface area contributed by atoms with Crippen molar-refractivity contribution in [2.75, 3.05) is 19.6 Å². The molecule has 1 atom stereocenters. The molecule has 1 heterocycles. The van der Waals surface area contributed by atoms with E-state index in [4.69, 9.17) is 5.21 Å². The molecule has 0 aromatic heterocycles. The summed E-state index contributed by atoms with van der Waals surface area (Å²) < 4.78 is 26.2. The monoisotopic (exact) mass is 278 g/mol. The lowest BCUT2D eigenvalue weighted by molar-refractivity contribution is -0.157. The van der Waals surface area contributed by atoms with Crippen molar-refractivity contribution in [2.24, 2.45) is 5.92 Å². The molecule has 5 nitrogen and oxygen atoms in total. The van der Waals surface area contributed by atoms with Gasteiger partial charge in [0.2, 0.25) is 12.3 Å². The van der Waals surface area contributed by atoms with Crippen molar-refractivity contribution in [2.45, 2.75) is 38.5 Å². The summed E-state index contributed by atoms with van der Waals surface area (Å²) in [5.74, 6) is -3.86. The van der Waals surface area contributed by atoms with E-state index in [1.807, 2.05) is 6.92 Å². The SMILES string of the molecule is CCCC[C@H](CN(O)C=O)C(=O)N1CCC(F)(F)C1. The molecule has 1 aliphatic rings. The fourth-order valence-corrected chi connectivity index (χ4v) is 2.19. The van der Waals surface area contributed by atoms with Crippen LogP contribution >= 0.6 is 0 Å². The van der Waals surface area contributed by atoms with Crippen molar-refractivity contribution in [1.29, 1.82) is 0 Å². The summed E-state index contributed by atoms with van der Waals surface area (Å²) in [6.07, 6.45) is 1.96. The zero-order valence-electron chi connectivity index (χ0n) is 11.0. The summed E-state index contributed by atoms with van der Waals surface area (Å²) in [5.41, 5.74) is 0. The molecule has 0 aliphatic carbocycles. The Bertz CT molecular complexity index is 326. The van der Waals surface area contributed by atoms with Gasteiger partial charge in [0.05, 0.1) is 19.0 Å². The number of rotatable bonds is 7. The van der Waals surface area contributed by atoms with Gasteiger partial charge in [-0.25, -0.2) is 13.8 Å². The Morgan fingerprint density at radius 1 is 1.58 bits per heavy atom. The molecule has 1 saturated heterocycles. The Kier molecular flexibility index (Phi) is 5.65. The van der Waals surface area contributed by atoms with Crippen LogP contribution in [0, 0.1) is 5.92 Å². The summed E-state index contributed by atoms with van der Waals surface area (Å²) in [5, 5.41) is 9.56. The highest BCUT2D eigenvalue weighted by molar-refractivity contribution is 5.79. The minimum Gasteiger partial charge on any atom is -0.336 e. The molecule has 0 unspecified atom stereocenters. The van der Waals surface area contributed by atoms with Crippen LogP contribution in [0.1, 0.15) is 32.6 Å². The Balaban J connectivity index is 2.62. The third-order valence-electron chi connectivity index (χ3n) is 3.27. The largest absolute Gasteiger partial charge is 0.336 e. The number of halogens is 2. The highest BCUT2D eigenvalue weighted by Gasteiger charge is 2.41. The lowest BCUT2D eigenvalue weighted by atomic mass is 10.0. The number of hydroxylamine groups is 2. The zero-order chi connectivity index (χ0) is 14.5. The molecule has 1 fully saturated rings. The number of alkyl halides is 2. The molecular formula is C12H20F2N2O3. The molecule has 1 rings (SSSR count). The molecule has 0 bridgehead atoms. The predicted molar refractivity (Wildman–Crippen MR) is 63.7 cm³/mol. The fraction of sp³-hybridized carbons (Fsp3) is 0.833. The summed E-state index contributed by atoms with van der Waals surface area (Å²) in [6.45, 7) is 1.26. The summed E-state index contributed by atoms with van der Waals surface area (Å²) in [7, 11) is 0. The second-order valence-electron chi connectivity index (χ2n) is 4.93. The van der Waals surface area contributed by atoms with Crippen LogP contribution in [0.5, 0.6) is 0 Å². The standard InChI is InChI=1S/C12H20F2N2O3/c1-2-3-4-10(7-16(19)9-17)11(18)15-6-5-12(13,14)8-15/h9-10,19H,2-8H2,1H3/t10-/m1/s1. The predicted octanol–water partition coefficient (Wildman–Crippen LogP) is 1.51. The van der Waals surface area contributed by atoms with E-state index in [1.54, 1.807) is 0 Å². The Morgan fingerprint density at radius 3 is 2.74 bits per heavy atom. The normalized spacial score (nSPS) is 19.3. The first-order chi connectivity index (χ1) is 8.89. The molecule has 0 aromatic rings. The number of carbonyl (C=O) groups is 2. The van der Waals surface area contributed by atoms with E-state index < -0.39 is 24.3 Å². The first kappa shape index (κ1) is 15.8. The van der Waals surface area contributed by atoms with Crippen LogP contribution in [0.2, 0.25) is 0 Å². The lowest BCUT2D eigenvalue weighted by Crippen LogP contribution is -2.40. The molecular weight excluding hydrogens is 258 g/mol. The van der Waals surface area contributed by atoms with E-state index in [0.29, 0.717) is 11.5 Å². The Hall–Kier alpha value is -1.24. The number of nitrogens with zero attached hydrogens (tertiary/aromatic N) is 2. The molecule has 0 radical (unpaired) electrons. The average Bonchev–Trinajstić information content (AvgIpc) is 2.73. The zero-order valence-corrected chi connectivity index (χ0v) is 11.0. The van der Waals surface area contributed by atoms with Gasteiger partial charge in [-0.2, -0.15) is 0 Å². The quantitative estimate of drug-likeness (QED) is 0.436. The molecule has 0 saturated carbocycles. The van der Waals surface area contributed by atoms with E-state index in [-0.39, 0.29) is 25.9 Å². The maximum Gasteiger partial charge on any atom is 0.267 e. The fourth-order valence-electron chi connectivity index (χ4n) is 2.19. The van der Waals surface area contributed by atoms with Gasteiger partial charge in [0.1, 0.15) is 0 Å². The van der Waals surface area contributed by atoms with E-state index in [1.165, 1.54) is 0 Å². The molecule has 1 aliphatic heterocycles. The number of unbranched alkanes of at least 4 members (excludes halogenated alkanes) is 1. The maximum absolute atomic E-state index is 13.1. The van der Waals surface area contributed by atoms with Gasteiger partial charge in [0, 0.05) is 13.0 Å². The van der Waals surface area contributed by atoms with E-state index in [0.717, 1.165) is 17.7 Å². The number of amides is 2. The van der Waals surface area contributed by atoms with Gasteiger partial charge in [-0.05, 0) is 6.42 Å². The highest BCUT2D eigenvalue weighted by atomic mass is 19.3. The van der Waals surface area contributed by atoms with Crippen molar-refractivity contribution in [1.82, 2.24) is 9.96 Å². The molecule has 0 aromatic carbocycles. The molecule has 1 N–H and O–H groups in total. The van der Waals surface area contributed by atoms with Crippen LogP contribution in [0.4, 0.5) is 8.78 Å². The second-order valence-corrected chi connectivity index (χ2v) is 4.93. The van der Waals surface area contributed by atoms with Gasteiger partial charge in [-0.15, -0.1) is 0 Å². The lowest BCUT2D eigenvalue weighted by Gasteiger charge is -2.24. The minimum atomic E-state index is -2.82. The first-order valence-corrected chi connectivity index (χ1v) is 6.47. The van der Waals surface area contributed by atoms with E-state index >= 15 is 0 Å². The summed E-state index contributed by atoms with van der Waals surface area (Å²) >= 11 is 0. The van der Waals surface area contributed by atoms with Crippen LogP contribution in [-0.2, 0) is 9.59 Å². The molecule has 2 amide bonds. The summed E-state index contributed by atoms with van der Waals surface area (Å²) in [4.78, 5) is 23.6. The van der Waals surface area contributed by atoms with Crippen molar-refractivity contribution in [3.05, 3.63) is 0 Å². The van der Waals surface area contributed by atoms with Crippen molar-refractivity contribution >= 4 is 12.3 Å². The van der Waals surface area contributed by atoms with Gasteiger partial charge < -0.3 is 4.90 Å². The number of likely N-dealkylation sites (tertiary alicyclic amines) is 1. The van der Waals surface area contributed by atoms with Gasteiger partial charge in [0.25, 0.3) is 5.92 Å². The third kappa shape index (κ3) is 4.74. The third-order valence-corrected chi connectivity index (χ3v) is 3.27. The van der Waals surface area contributed by atoms with Crippen molar-refractivity contribution in [3.63, 3.8) is 0 Å². The van der Waals surface area contributed by atoms with Crippen LogP contribution in [-0.4, -0.2) is 53.0 Å². The number of hydrogen-bond donors (Lipinski definition) is 1. The molecule has 110 valence electrons. The van der Waals surface area contributed by atoms with Gasteiger partial charge >= 0.3 is 0 Å². The Labute approximate surface area is 111 Å². The van der Waals surface area contributed by atoms with Crippen LogP contribution in [0.25, 0.3) is 0 Å². The summed E-state index contributed by atoms with van der Waals surface area (Å²) in [6, 6.07) is 0. The average molecular weight is 278 g/mol. The minimum absolute atomic E-state index is 0.0287. The van der Waals surface area contributed by atoms with Crippen molar-refractivity contribution < 1.29 is 23.6 Å². The van der Waals surface area contributed by atoms with Gasteiger partial charge in [0.15, 0.2) is 0 Å². The second kappa shape index (κ2) is 6.79. The Morgan fingerprint density at radius 2 is 2.26 bits per heavy atom. The van der Waals surface area contributed by atoms with Crippen LogP contribution in [0.15, 0.2) is 0 Å². The van der Waals surface area contributed by atoms with E-state index in [2.05, 4.69) is 0 Å². The highest BCUT2D eigenvalue weighted by Crippen LogP contribution is 2.28. The first-order valence-electron chi connectivity index (χ1n) is 6.47. The smallest absolute Gasteiger partial charge is 0.267 e. The van der Waals surface area contributed by atoms with Gasteiger partial charge in [-0.1, -0.05) is 19.8 Å². The van der Waals surface area contributed by atoms with Gasteiger partial charge in [-0.3, -0.25) is 14.8 Å². The van der Waals surface area contributed by atoms with Crippen LogP contribution in [0.3, 0.4) is 0 Å². The molecule has 19 heavy (non-hydrogen) atoms. The molecule has 7 heteroatoms. The van der Waals surface area contributed by atoms with E-state index in [9.17, 15) is 18.4 Å². The maximum atomic E-state index is 13.1. The number of carbonyl (C=O) groups excluding carboxylic acids is 2. The molecule has 0 spiro atoms. The number of hydrogen-bond acceptors (Lipinski definition) is 3.